The molecule has 0 aliphatic rings. The molecule has 0 aliphatic carbocycles. The summed E-state index contributed by atoms with van der Waals surface area (Å²) in [7, 11) is -4.00. The Labute approximate surface area is 133 Å². The third kappa shape index (κ3) is 3.85. The maximum Gasteiger partial charge on any atom is 0.338 e. The van der Waals surface area contributed by atoms with Crippen LogP contribution < -0.4 is 5.14 Å². The fourth-order valence-corrected chi connectivity index (χ4v) is 2.92. The van der Waals surface area contributed by atoms with Crippen molar-refractivity contribution in [3.05, 3.63) is 64.2 Å². The lowest BCUT2D eigenvalue weighted by molar-refractivity contribution is 0.0472. The van der Waals surface area contributed by atoms with Gasteiger partial charge in [-0.1, -0.05) is 35.9 Å². The van der Waals surface area contributed by atoms with Crippen LogP contribution in [0.25, 0.3) is 0 Å². The first-order valence-electron chi connectivity index (χ1n) is 6.33. The second-order valence-electron chi connectivity index (χ2n) is 4.69. The molecule has 2 aromatic carbocycles. The molecule has 0 aliphatic heterocycles. The smallest absolute Gasteiger partial charge is 0.338 e. The lowest BCUT2D eigenvalue weighted by Crippen LogP contribution is -2.14. The average molecular weight is 340 g/mol. The number of hydrogen-bond donors (Lipinski definition) is 1. The number of esters is 1. The van der Waals surface area contributed by atoms with Crippen molar-refractivity contribution in [3.8, 4) is 0 Å². The second kappa shape index (κ2) is 6.48. The highest BCUT2D eigenvalue weighted by atomic mass is 35.5. The minimum absolute atomic E-state index is 0.0436. The third-order valence-electron chi connectivity index (χ3n) is 3.09. The van der Waals surface area contributed by atoms with E-state index in [0.717, 1.165) is 17.2 Å². The van der Waals surface area contributed by atoms with Crippen molar-refractivity contribution >= 4 is 27.6 Å². The Bertz CT molecular complexity index is 818. The van der Waals surface area contributed by atoms with E-state index in [1.54, 1.807) is 0 Å². The molecule has 5 nitrogen and oxygen atoms in total. The van der Waals surface area contributed by atoms with Crippen LogP contribution in [0.2, 0.25) is 5.02 Å². The maximum atomic E-state index is 12.0. The fraction of sp³-hybridized carbons (Fsp3) is 0.133. The molecule has 2 aromatic rings. The number of carbonyl (C=O) groups is 1. The summed E-state index contributed by atoms with van der Waals surface area (Å²) >= 11 is 5.77. The Morgan fingerprint density at radius 3 is 2.55 bits per heavy atom. The maximum absolute atomic E-state index is 12.0. The number of carbonyl (C=O) groups excluding carboxylic acids is 1. The van der Waals surface area contributed by atoms with Gasteiger partial charge in [0.15, 0.2) is 0 Å². The van der Waals surface area contributed by atoms with Gasteiger partial charge in [0.25, 0.3) is 0 Å². The van der Waals surface area contributed by atoms with Gasteiger partial charge in [0.2, 0.25) is 10.0 Å². The van der Waals surface area contributed by atoms with Crippen molar-refractivity contribution in [1.82, 2.24) is 0 Å². The van der Waals surface area contributed by atoms with E-state index >= 15 is 0 Å². The topological polar surface area (TPSA) is 86.5 Å². The molecule has 0 saturated carbocycles. The summed E-state index contributed by atoms with van der Waals surface area (Å²) in [6.07, 6.45) is 0. The van der Waals surface area contributed by atoms with Gasteiger partial charge in [-0.15, -0.1) is 0 Å². The van der Waals surface area contributed by atoms with Crippen molar-refractivity contribution < 1.29 is 17.9 Å². The Morgan fingerprint density at radius 2 is 1.91 bits per heavy atom. The van der Waals surface area contributed by atoms with Crippen LogP contribution in [-0.4, -0.2) is 14.4 Å². The number of sulfonamides is 1. The molecule has 0 radical (unpaired) electrons. The highest BCUT2D eigenvalue weighted by molar-refractivity contribution is 7.89. The van der Waals surface area contributed by atoms with Gasteiger partial charge in [-0.3, -0.25) is 0 Å². The second-order valence-corrected chi connectivity index (χ2v) is 6.63. The van der Waals surface area contributed by atoms with Crippen LogP contribution in [0.5, 0.6) is 0 Å². The van der Waals surface area contributed by atoms with Gasteiger partial charge in [-0.25, -0.2) is 18.4 Å². The van der Waals surface area contributed by atoms with Crippen LogP contribution in [0, 0.1) is 6.92 Å². The summed E-state index contributed by atoms with van der Waals surface area (Å²) in [5, 5.41) is 5.00. The quantitative estimate of drug-likeness (QED) is 0.867. The minimum atomic E-state index is -4.00. The largest absolute Gasteiger partial charge is 0.457 e. The average Bonchev–Trinajstić information content (AvgIpc) is 2.45. The first kappa shape index (κ1) is 16.5. The molecule has 0 bridgehead atoms. The molecule has 0 spiro atoms. The van der Waals surface area contributed by atoms with Crippen LogP contribution in [0.4, 0.5) is 0 Å². The molecule has 0 amide bonds. The van der Waals surface area contributed by atoms with E-state index in [-0.39, 0.29) is 22.1 Å². The SMILES string of the molecule is Cc1ccccc1COC(=O)c1ccc(Cl)c(S(N)(=O)=O)c1. The van der Waals surface area contributed by atoms with Crippen LogP contribution >= 0.6 is 11.6 Å². The van der Waals surface area contributed by atoms with E-state index in [1.807, 2.05) is 31.2 Å². The summed E-state index contributed by atoms with van der Waals surface area (Å²) < 4.78 is 28.0. The van der Waals surface area contributed by atoms with Gasteiger partial charge in [-0.2, -0.15) is 0 Å². The summed E-state index contributed by atoms with van der Waals surface area (Å²) in [6, 6.07) is 11.3. The zero-order valence-electron chi connectivity index (χ0n) is 11.7. The molecule has 2 N–H and O–H groups in total. The Kier molecular flexibility index (Phi) is 4.85. The van der Waals surface area contributed by atoms with Crippen molar-refractivity contribution in [2.75, 3.05) is 0 Å². The van der Waals surface area contributed by atoms with E-state index in [0.29, 0.717) is 0 Å². The molecule has 0 heterocycles. The van der Waals surface area contributed by atoms with E-state index < -0.39 is 16.0 Å². The fourth-order valence-electron chi connectivity index (χ4n) is 1.85. The lowest BCUT2D eigenvalue weighted by atomic mass is 10.1. The standard InChI is InChI=1S/C15H14ClNO4S/c1-10-4-2-3-5-12(10)9-21-15(18)11-6-7-13(16)14(8-11)22(17,19)20/h2-8H,9H2,1H3,(H2,17,19,20). The number of aryl methyl sites for hydroxylation is 1. The predicted octanol–water partition coefficient (Wildman–Crippen LogP) is 2.65. The number of hydrogen-bond acceptors (Lipinski definition) is 4. The molecular weight excluding hydrogens is 326 g/mol. The Morgan fingerprint density at radius 1 is 1.23 bits per heavy atom. The van der Waals surface area contributed by atoms with Crippen molar-refractivity contribution in [2.24, 2.45) is 5.14 Å². The molecular formula is C15H14ClNO4S. The predicted molar refractivity (Wildman–Crippen MR) is 83.1 cm³/mol. The Hall–Kier alpha value is -1.89. The minimum Gasteiger partial charge on any atom is -0.457 e. The zero-order chi connectivity index (χ0) is 16.3. The van der Waals surface area contributed by atoms with E-state index in [1.165, 1.54) is 12.1 Å². The normalized spacial score (nSPS) is 11.2. The molecule has 0 unspecified atom stereocenters. The van der Waals surface area contributed by atoms with E-state index in [4.69, 9.17) is 21.5 Å². The molecule has 22 heavy (non-hydrogen) atoms. The molecule has 0 atom stereocenters. The zero-order valence-corrected chi connectivity index (χ0v) is 13.3. The van der Waals surface area contributed by atoms with Crippen LogP contribution in [0.1, 0.15) is 21.5 Å². The molecule has 116 valence electrons. The number of nitrogens with two attached hydrogens (primary N) is 1. The number of ether oxygens (including phenoxy) is 1. The summed E-state index contributed by atoms with van der Waals surface area (Å²) in [5.74, 6) is -0.648. The number of benzene rings is 2. The van der Waals surface area contributed by atoms with Crippen molar-refractivity contribution in [3.63, 3.8) is 0 Å². The number of rotatable bonds is 4. The van der Waals surface area contributed by atoms with Gasteiger partial charge >= 0.3 is 5.97 Å². The van der Waals surface area contributed by atoms with Gasteiger partial charge in [0.05, 0.1) is 10.6 Å². The molecule has 7 heteroatoms. The highest BCUT2D eigenvalue weighted by Gasteiger charge is 2.17. The van der Waals surface area contributed by atoms with Crippen molar-refractivity contribution in [1.29, 1.82) is 0 Å². The van der Waals surface area contributed by atoms with E-state index in [9.17, 15) is 13.2 Å². The molecule has 0 aromatic heterocycles. The monoisotopic (exact) mass is 339 g/mol. The lowest BCUT2D eigenvalue weighted by Gasteiger charge is -2.08. The molecule has 0 saturated heterocycles. The van der Waals surface area contributed by atoms with Crippen LogP contribution in [0.15, 0.2) is 47.4 Å². The third-order valence-corrected chi connectivity index (χ3v) is 4.49. The molecule has 2 rings (SSSR count). The van der Waals surface area contributed by atoms with E-state index in [2.05, 4.69) is 0 Å². The van der Waals surface area contributed by atoms with Gasteiger partial charge < -0.3 is 4.74 Å². The van der Waals surface area contributed by atoms with Gasteiger partial charge in [-0.05, 0) is 36.2 Å². The Balaban J connectivity index is 2.19. The highest BCUT2D eigenvalue weighted by Crippen LogP contribution is 2.22. The molecule has 0 fully saturated rings. The summed E-state index contributed by atoms with van der Waals surface area (Å²) in [4.78, 5) is 11.7. The summed E-state index contributed by atoms with van der Waals surface area (Å²) in [5.41, 5.74) is 1.94. The first-order valence-corrected chi connectivity index (χ1v) is 8.25. The first-order chi connectivity index (χ1) is 10.3. The van der Waals surface area contributed by atoms with Gasteiger partial charge in [0, 0.05) is 0 Å². The summed E-state index contributed by atoms with van der Waals surface area (Å²) in [6.45, 7) is 2.00. The van der Waals surface area contributed by atoms with Crippen molar-refractivity contribution in [2.45, 2.75) is 18.4 Å². The van der Waals surface area contributed by atoms with Gasteiger partial charge in [0.1, 0.15) is 11.5 Å². The number of primary sulfonamides is 1. The van der Waals surface area contributed by atoms with Crippen LogP contribution in [0.3, 0.4) is 0 Å². The van der Waals surface area contributed by atoms with Crippen LogP contribution in [-0.2, 0) is 21.4 Å². The number of halogens is 1.